The van der Waals surface area contributed by atoms with Crippen LogP contribution in [0.3, 0.4) is 0 Å². The molecule has 0 atom stereocenters. The molecule has 1 aromatic rings. The minimum Gasteiger partial charge on any atom is -0.497 e. The van der Waals surface area contributed by atoms with Crippen molar-refractivity contribution in [3.63, 3.8) is 0 Å². The van der Waals surface area contributed by atoms with Crippen LogP contribution >= 0.6 is 0 Å². The monoisotopic (exact) mass is 277 g/mol. The van der Waals surface area contributed by atoms with Gasteiger partial charge in [0.1, 0.15) is 5.75 Å². The number of piperazine rings is 1. The van der Waals surface area contributed by atoms with Crippen molar-refractivity contribution >= 4 is 11.6 Å². The number of hydrogen-bond donors (Lipinski definition) is 1. The summed E-state index contributed by atoms with van der Waals surface area (Å²) in [7, 11) is 1.57. The van der Waals surface area contributed by atoms with Gasteiger partial charge in [0.2, 0.25) is 0 Å². The Balaban J connectivity index is 2.07. The van der Waals surface area contributed by atoms with Crippen LogP contribution in [0.4, 0.5) is 5.69 Å². The van der Waals surface area contributed by atoms with Crippen LogP contribution in [0.25, 0.3) is 0 Å². The molecule has 0 aromatic heterocycles. The van der Waals surface area contributed by atoms with Gasteiger partial charge in [0.15, 0.2) is 0 Å². The number of amides is 1. The number of ether oxygens (including phenoxy) is 1. The van der Waals surface area contributed by atoms with E-state index in [1.54, 1.807) is 25.3 Å². The largest absolute Gasteiger partial charge is 0.497 e. The molecule has 1 saturated heterocycles. The zero-order chi connectivity index (χ0) is 14.7. The fraction of sp³-hybridized carbons (Fsp3) is 0.533. The molecule has 110 valence electrons. The molecule has 1 amide bonds. The normalized spacial score (nSPS) is 16.5. The maximum Gasteiger partial charge on any atom is 0.254 e. The van der Waals surface area contributed by atoms with Crippen LogP contribution < -0.4 is 10.5 Å². The molecule has 2 N–H and O–H groups in total. The number of nitrogens with zero attached hydrogens (tertiary/aromatic N) is 2. The van der Waals surface area contributed by atoms with E-state index >= 15 is 0 Å². The summed E-state index contributed by atoms with van der Waals surface area (Å²) >= 11 is 0. The van der Waals surface area contributed by atoms with Gasteiger partial charge in [-0.15, -0.1) is 0 Å². The number of benzene rings is 1. The Bertz CT molecular complexity index is 480. The third kappa shape index (κ3) is 3.22. The van der Waals surface area contributed by atoms with E-state index in [2.05, 4.69) is 18.7 Å². The quantitative estimate of drug-likeness (QED) is 0.849. The van der Waals surface area contributed by atoms with Crippen molar-refractivity contribution < 1.29 is 9.53 Å². The molecule has 1 heterocycles. The SMILES string of the molecule is COc1cc(N)cc(C(=O)N2CCN(C(C)C)CC2)c1. The van der Waals surface area contributed by atoms with Crippen LogP contribution in [0.5, 0.6) is 5.75 Å². The number of carbonyl (C=O) groups excluding carboxylic acids is 1. The van der Waals surface area contributed by atoms with E-state index in [1.807, 2.05) is 4.90 Å². The Morgan fingerprint density at radius 1 is 1.20 bits per heavy atom. The lowest BCUT2D eigenvalue weighted by Crippen LogP contribution is -2.50. The van der Waals surface area contributed by atoms with Crippen molar-refractivity contribution in [1.29, 1.82) is 0 Å². The summed E-state index contributed by atoms with van der Waals surface area (Å²) in [6.45, 7) is 7.72. The van der Waals surface area contributed by atoms with Crippen molar-refractivity contribution in [3.05, 3.63) is 23.8 Å². The second kappa shape index (κ2) is 6.13. The van der Waals surface area contributed by atoms with Crippen LogP contribution in [0.1, 0.15) is 24.2 Å². The smallest absolute Gasteiger partial charge is 0.254 e. The van der Waals surface area contributed by atoms with Crippen molar-refractivity contribution in [1.82, 2.24) is 9.80 Å². The van der Waals surface area contributed by atoms with Gasteiger partial charge in [-0.25, -0.2) is 0 Å². The van der Waals surface area contributed by atoms with Crippen LogP contribution in [0.2, 0.25) is 0 Å². The maximum absolute atomic E-state index is 12.5. The molecule has 1 fully saturated rings. The average Bonchev–Trinajstić information content (AvgIpc) is 2.45. The summed E-state index contributed by atoms with van der Waals surface area (Å²) in [4.78, 5) is 16.8. The van der Waals surface area contributed by atoms with Gasteiger partial charge < -0.3 is 15.4 Å². The lowest BCUT2D eigenvalue weighted by Gasteiger charge is -2.37. The molecule has 0 radical (unpaired) electrons. The molecule has 1 aromatic carbocycles. The molecule has 5 heteroatoms. The van der Waals surface area contributed by atoms with E-state index in [0.717, 1.165) is 26.2 Å². The first-order valence-corrected chi connectivity index (χ1v) is 6.99. The Morgan fingerprint density at radius 3 is 2.40 bits per heavy atom. The van der Waals surface area contributed by atoms with Gasteiger partial charge in [0, 0.05) is 49.5 Å². The molecule has 0 saturated carbocycles. The third-order valence-electron chi connectivity index (χ3n) is 3.74. The minimum absolute atomic E-state index is 0.0269. The fourth-order valence-corrected chi connectivity index (χ4v) is 2.49. The first-order valence-electron chi connectivity index (χ1n) is 6.99. The summed E-state index contributed by atoms with van der Waals surface area (Å²) in [6.07, 6.45) is 0. The van der Waals surface area contributed by atoms with Gasteiger partial charge >= 0.3 is 0 Å². The number of rotatable bonds is 3. The van der Waals surface area contributed by atoms with Gasteiger partial charge in [-0.05, 0) is 26.0 Å². The van der Waals surface area contributed by atoms with Crippen LogP contribution in [-0.4, -0.2) is 55.0 Å². The molecule has 5 nitrogen and oxygen atoms in total. The molecule has 1 aliphatic rings. The predicted octanol–water partition coefficient (Wildman–Crippen LogP) is 1.44. The summed E-state index contributed by atoms with van der Waals surface area (Å²) in [5.74, 6) is 0.646. The summed E-state index contributed by atoms with van der Waals surface area (Å²) in [5.41, 5.74) is 6.95. The van der Waals surface area contributed by atoms with Crippen LogP contribution in [0, 0.1) is 0 Å². The van der Waals surface area contributed by atoms with Crippen LogP contribution in [-0.2, 0) is 0 Å². The standard InChI is InChI=1S/C15H23N3O2/c1-11(2)17-4-6-18(7-5-17)15(19)12-8-13(16)10-14(9-12)20-3/h8-11H,4-7,16H2,1-3H3. The van der Waals surface area contributed by atoms with Gasteiger partial charge in [-0.3, -0.25) is 9.69 Å². The zero-order valence-corrected chi connectivity index (χ0v) is 12.4. The molecule has 0 unspecified atom stereocenters. The van der Waals surface area contributed by atoms with Crippen molar-refractivity contribution in [2.75, 3.05) is 39.0 Å². The van der Waals surface area contributed by atoms with Crippen LogP contribution in [0.15, 0.2) is 18.2 Å². The second-order valence-corrected chi connectivity index (χ2v) is 5.42. The van der Waals surface area contributed by atoms with E-state index in [0.29, 0.717) is 23.0 Å². The van der Waals surface area contributed by atoms with Crippen molar-refractivity contribution in [3.8, 4) is 5.75 Å². The summed E-state index contributed by atoms with van der Waals surface area (Å²) < 4.78 is 5.16. The lowest BCUT2D eigenvalue weighted by atomic mass is 10.1. The number of anilines is 1. The summed E-state index contributed by atoms with van der Waals surface area (Å²) in [5, 5.41) is 0. The Labute approximate surface area is 120 Å². The van der Waals surface area contributed by atoms with Gasteiger partial charge in [-0.2, -0.15) is 0 Å². The Morgan fingerprint density at radius 2 is 1.85 bits per heavy atom. The highest BCUT2D eigenvalue weighted by Crippen LogP contribution is 2.20. The van der Waals surface area contributed by atoms with E-state index in [4.69, 9.17) is 10.5 Å². The maximum atomic E-state index is 12.5. The van der Waals surface area contributed by atoms with E-state index < -0.39 is 0 Å². The minimum atomic E-state index is 0.0269. The average molecular weight is 277 g/mol. The predicted molar refractivity (Wildman–Crippen MR) is 80.0 cm³/mol. The molecule has 0 aliphatic carbocycles. The number of nitrogens with two attached hydrogens (primary N) is 1. The number of carbonyl (C=O) groups is 1. The number of methoxy groups -OCH3 is 1. The summed E-state index contributed by atoms with van der Waals surface area (Å²) in [6, 6.07) is 5.69. The number of hydrogen-bond acceptors (Lipinski definition) is 4. The molecule has 1 aliphatic heterocycles. The third-order valence-corrected chi connectivity index (χ3v) is 3.74. The topological polar surface area (TPSA) is 58.8 Å². The second-order valence-electron chi connectivity index (χ2n) is 5.42. The van der Waals surface area contributed by atoms with E-state index in [1.165, 1.54) is 0 Å². The molecule has 20 heavy (non-hydrogen) atoms. The first-order chi connectivity index (χ1) is 9.51. The highest BCUT2D eigenvalue weighted by atomic mass is 16.5. The van der Waals surface area contributed by atoms with E-state index in [-0.39, 0.29) is 5.91 Å². The molecular weight excluding hydrogens is 254 g/mol. The fourth-order valence-electron chi connectivity index (χ4n) is 2.49. The van der Waals surface area contributed by atoms with Gasteiger partial charge in [0.05, 0.1) is 7.11 Å². The van der Waals surface area contributed by atoms with Crippen molar-refractivity contribution in [2.45, 2.75) is 19.9 Å². The highest BCUT2D eigenvalue weighted by Gasteiger charge is 2.23. The Hall–Kier alpha value is -1.75. The molecule has 0 bridgehead atoms. The zero-order valence-electron chi connectivity index (χ0n) is 12.4. The first kappa shape index (κ1) is 14.7. The molecule has 2 rings (SSSR count). The lowest BCUT2D eigenvalue weighted by molar-refractivity contribution is 0.0595. The highest BCUT2D eigenvalue weighted by molar-refractivity contribution is 5.95. The van der Waals surface area contributed by atoms with Gasteiger partial charge in [0.25, 0.3) is 5.91 Å². The number of nitrogen functional groups attached to an aromatic ring is 1. The van der Waals surface area contributed by atoms with Crippen molar-refractivity contribution in [2.24, 2.45) is 0 Å². The molecule has 0 spiro atoms. The molecular formula is C15H23N3O2. The van der Waals surface area contributed by atoms with Gasteiger partial charge in [-0.1, -0.05) is 0 Å². The van der Waals surface area contributed by atoms with E-state index in [9.17, 15) is 4.79 Å². The Kier molecular flexibility index (Phi) is 4.49.